The highest BCUT2D eigenvalue weighted by Crippen LogP contribution is 2.29. The van der Waals surface area contributed by atoms with E-state index in [4.69, 9.17) is 4.98 Å². The molecule has 1 aliphatic carbocycles. The Bertz CT molecular complexity index is 1310. The number of nitrogens with one attached hydrogen (secondary N) is 1. The third-order valence-corrected chi connectivity index (χ3v) is 7.13. The van der Waals surface area contributed by atoms with E-state index < -0.39 is 0 Å². The number of benzene rings is 3. The number of hydrogen-bond donors (Lipinski definition) is 1. The van der Waals surface area contributed by atoms with Crippen LogP contribution in [0.3, 0.4) is 0 Å². The van der Waals surface area contributed by atoms with Crippen LogP contribution in [0.2, 0.25) is 0 Å². The van der Waals surface area contributed by atoms with Crippen molar-refractivity contribution >= 4 is 28.7 Å². The van der Waals surface area contributed by atoms with Gasteiger partial charge in [-0.1, -0.05) is 54.6 Å². The summed E-state index contributed by atoms with van der Waals surface area (Å²) in [5.41, 5.74) is 7.10. The molecule has 170 valence electrons. The number of aryl methyl sites for hydroxylation is 2. The second kappa shape index (κ2) is 10.1. The molecule has 1 amide bonds. The van der Waals surface area contributed by atoms with Gasteiger partial charge >= 0.3 is 0 Å². The minimum absolute atomic E-state index is 0.0247. The number of thiazole rings is 1. The monoisotopic (exact) mass is 466 g/mol. The zero-order valence-electron chi connectivity index (χ0n) is 18.9. The topological polar surface area (TPSA) is 59.1 Å². The second-order valence-electron chi connectivity index (χ2n) is 8.64. The fourth-order valence-electron chi connectivity index (χ4n) is 4.35. The maximum Gasteiger partial charge on any atom is 0.224 e. The lowest BCUT2D eigenvalue weighted by Gasteiger charge is -2.16. The van der Waals surface area contributed by atoms with Crippen molar-refractivity contribution in [2.24, 2.45) is 0 Å². The van der Waals surface area contributed by atoms with E-state index in [9.17, 15) is 9.59 Å². The van der Waals surface area contributed by atoms with Crippen LogP contribution in [0.4, 0.5) is 5.69 Å². The molecular formula is C29H26N2O2S. The van der Waals surface area contributed by atoms with Crippen molar-refractivity contribution in [1.29, 1.82) is 0 Å². The smallest absolute Gasteiger partial charge is 0.224 e. The minimum atomic E-state index is -0.154. The summed E-state index contributed by atoms with van der Waals surface area (Å²) in [6, 6.07) is 23.8. The van der Waals surface area contributed by atoms with E-state index in [0.717, 1.165) is 40.2 Å². The lowest BCUT2D eigenvalue weighted by Crippen LogP contribution is -2.14. The van der Waals surface area contributed by atoms with Crippen molar-refractivity contribution < 1.29 is 9.59 Å². The Morgan fingerprint density at radius 1 is 0.824 bits per heavy atom. The molecule has 0 saturated carbocycles. The molecule has 1 aromatic heterocycles. The number of nitrogens with zero attached hydrogens (tertiary/aromatic N) is 1. The molecule has 1 N–H and O–H groups in total. The van der Waals surface area contributed by atoms with Crippen molar-refractivity contribution in [1.82, 2.24) is 4.98 Å². The number of carbonyl (C=O) groups excluding carboxylic acids is 2. The van der Waals surface area contributed by atoms with E-state index in [0.29, 0.717) is 5.69 Å². The van der Waals surface area contributed by atoms with Gasteiger partial charge in [-0.05, 0) is 55.0 Å². The number of carbonyl (C=O) groups is 2. The average Bonchev–Trinajstić information content (AvgIpc) is 3.38. The average molecular weight is 467 g/mol. The van der Waals surface area contributed by atoms with Gasteiger partial charge < -0.3 is 5.32 Å². The number of aromatic nitrogens is 1. The highest BCUT2D eigenvalue weighted by Gasteiger charge is 2.14. The lowest BCUT2D eigenvalue weighted by atomic mass is 9.89. The molecule has 4 aromatic rings. The van der Waals surface area contributed by atoms with E-state index in [-0.39, 0.29) is 24.5 Å². The third-order valence-electron chi connectivity index (χ3n) is 6.24. The Balaban J connectivity index is 1.16. The first-order chi connectivity index (χ1) is 16.7. The molecule has 1 aliphatic rings. The van der Waals surface area contributed by atoms with Gasteiger partial charge in [0.05, 0.1) is 5.69 Å². The van der Waals surface area contributed by atoms with Crippen LogP contribution in [0.25, 0.3) is 21.8 Å². The van der Waals surface area contributed by atoms with Crippen molar-refractivity contribution in [3.8, 4) is 21.8 Å². The Labute approximate surface area is 203 Å². The van der Waals surface area contributed by atoms with Crippen LogP contribution in [-0.4, -0.2) is 16.7 Å². The molecule has 1 heterocycles. The van der Waals surface area contributed by atoms with E-state index in [1.54, 1.807) is 11.3 Å². The van der Waals surface area contributed by atoms with Crippen molar-refractivity contribution in [2.45, 2.75) is 38.5 Å². The highest BCUT2D eigenvalue weighted by atomic mass is 32.1. The van der Waals surface area contributed by atoms with E-state index in [1.165, 1.54) is 24.0 Å². The molecule has 0 fully saturated rings. The number of ketones is 1. The number of Topliss-reactive ketones (excluding diaryl/α,β-unsaturated/α-hetero) is 1. The van der Waals surface area contributed by atoms with Gasteiger partial charge in [0.25, 0.3) is 0 Å². The summed E-state index contributed by atoms with van der Waals surface area (Å²) in [6.07, 6.45) is 4.93. The van der Waals surface area contributed by atoms with Crippen LogP contribution >= 0.6 is 11.3 Å². The quantitative estimate of drug-likeness (QED) is 0.300. The molecule has 0 bridgehead atoms. The molecule has 0 saturated heterocycles. The van der Waals surface area contributed by atoms with Crippen molar-refractivity contribution in [2.75, 3.05) is 5.32 Å². The Morgan fingerprint density at radius 3 is 2.38 bits per heavy atom. The van der Waals surface area contributed by atoms with Gasteiger partial charge in [-0.15, -0.1) is 11.3 Å². The summed E-state index contributed by atoms with van der Waals surface area (Å²) in [4.78, 5) is 29.8. The molecule has 3 aromatic carbocycles. The van der Waals surface area contributed by atoms with E-state index in [1.807, 2.05) is 60.0 Å². The molecule has 0 unspecified atom stereocenters. The number of hydrogen-bond acceptors (Lipinski definition) is 4. The van der Waals surface area contributed by atoms with E-state index in [2.05, 4.69) is 23.5 Å². The first-order valence-corrected chi connectivity index (χ1v) is 12.6. The number of rotatable bonds is 7. The molecule has 4 nitrogen and oxygen atoms in total. The molecule has 5 heteroatoms. The summed E-state index contributed by atoms with van der Waals surface area (Å²) >= 11 is 1.61. The molecule has 0 radical (unpaired) electrons. The first-order valence-electron chi connectivity index (χ1n) is 11.7. The van der Waals surface area contributed by atoms with Gasteiger partial charge in [-0.25, -0.2) is 4.98 Å². The van der Waals surface area contributed by atoms with Gasteiger partial charge in [0.15, 0.2) is 5.78 Å². The van der Waals surface area contributed by atoms with Gasteiger partial charge in [0.1, 0.15) is 5.01 Å². The SMILES string of the molecule is O=C(CCC(=O)c1ccc2c(c1)CCCC2)Nc1ccc(-c2csc(-c3ccccc3)n2)cc1. The zero-order chi connectivity index (χ0) is 23.3. The van der Waals surface area contributed by atoms with E-state index >= 15 is 0 Å². The molecule has 0 aliphatic heterocycles. The van der Waals surface area contributed by atoms with Crippen LogP contribution in [0.15, 0.2) is 78.2 Å². The number of amides is 1. The molecule has 0 atom stereocenters. The summed E-state index contributed by atoms with van der Waals surface area (Å²) in [6.45, 7) is 0. The predicted molar refractivity (Wildman–Crippen MR) is 138 cm³/mol. The lowest BCUT2D eigenvalue weighted by molar-refractivity contribution is -0.116. The fourth-order valence-corrected chi connectivity index (χ4v) is 5.18. The molecule has 34 heavy (non-hydrogen) atoms. The zero-order valence-corrected chi connectivity index (χ0v) is 19.7. The second-order valence-corrected chi connectivity index (χ2v) is 9.50. The molecule has 5 rings (SSSR count). The fraction of sp³-hybridized carbons (Fsp3) is 0.207. The minimum Gasteiger partial charge on any atom is -0.326 e. The highest BCUT2D eigenvalue weighted by molar-refractivity contribution is 7.13. The van der Waals surface area contributed by atoms with Crippen LogP contribution in [0.1, 0.15) is 47.2 Å². The predicted octanol–water partition coefficient (Wildman–Crippen LogP) is 6.96. The van der Waals surface area contributed by atoms with Crippen LogP contribution in [0, 0.1) is 0 Å². The number of anilines is 1. The van der Waals surface area contributed by atoms with Gasteiger partial charge in [0.2, 0.25) is 5.91 Å². The summed E-state index contributed by atoms with van der Waals surface area (Å²) < 4.78 is 0. The Morgan fingerprint density at radius 2 is 1.59 bits per heavy atom. The molecular weight excluding hydrogens is 440 g/mol. The van der Waals surface area contributed by atoms with Gasteiger partial charge in [-0.3, -0.25) is 9.59 Å². The summed E-state index contributed by atoms with van der Waals surface area (Å²) in [5, 5.41) is 5.93. The van der Waals surface area contributed by atoms with Crippen LogP contribution in [0.5, 0.6) is 0 Å². The van der Waals surface area contributed by atoms with Crippen LogP contribution in [-0.2, 0) is 17.6 Å². The Kier molecular flexibility index (Phi) is 6.63. The summed E-state index contributed by atoms with van der Waals surface area (Å²) in [5.74, 6) is -0.129. The van der Waals surface area contributed by atoms with Gasteiger partial charge in [-0.2, -0.15) is 0 Å². The summed E-state index contributed by atoms with van der Waals surface area (Å²) in [7, 11) is 0. The maximum absolute atomic E-state index is 12.6. The number of fused-ring (bicyclic) bond motifs is 1. The van der Waals surface area contributed by atoms with Crippen molar-refractivity contribution in [3.05, 3.63) is 94.9 Å². The van der Waals surface area contributed by atoms with Crippen LogP contribution < -0.4 is 5.32 Å². The molecule has 0 spiro atoms. The normalized spacial score (nSPS) is 12.7. The third kappa shape index (κ3) is 5.15. The largest absolute Gasteiger partial charge is 0.326 e. The Hall–Kier alpha value is -3.57. The standard InChI is InChI=1S/C29H26N2O2S/c32-27(24-11-10-20-6-4-5-9-23(20)18-24)16-17-28(33)30-25-14-12-21(13-15-25)26-19-34-29(31-26)22-7-2-1-3-8-22/h1-3,7-8,10-15,18-19H,4-6,9,16-17H2,(H,30,33). The maximum atomic E-state index is 12.6. The van der Waals surface area contributed by atoms with Crippen molar-refractivity contribution in [3.63, 3.8) is 0 Å². The first kappa shape index (κ1) is 22.2. The van der Waals surface area contributed by atoms with Gasteiger partial charge in [0, 0.05) is 40.6 Å².